The molecule has 0 radical (unpaired) electrons. The van der Waals surface area contributed by atoms with Gasteiger partial charge in [0.1, 0.15) is 6.17 Å². The number of nitrogens with zero attached hydrogens (tertiary/aromatic N) is 4. The van der Waals surface area contributed by atoms with Gasteiger partial charge in [-0.15, -0.1) is 0 Å². The van der Waals surface area contributed by atoms with Crippen molar-refractivity contribution in [3.8, 4) is 0 Å². The number of halogens is 1. The van der Waals surface area contributed by atoms with Gasteiger partial charge in [0, 0.05) is 48.6 Å². The van der Waals surface area contributed by atoms with Crippen LogP contribution in [0.4, 0.5) is 0 Å². The van der Waals surface area contributed by atoms with Crippen molar-refractivity contribution in [2.24, 2.45) is 10.9 Å². The largest absolute Gasteiger partial charge is 0.354 e. The van der Waals surface area contributed by atoms with E-state index in [1.54, 1.807) is 0 Å². The van der Waals surface area contributed by atoms with E-state index in [2.05, 4.69) is 82.8 Å². The van der Waals surface area contributed by atoms with E-state index in [0.29, 0.717) is 6.04 Å². The second kappa shape index (κ2) is 9.53. The Hall–Kier alpha value is -0.910. The van der Waals surface area contributed by atoms with Gasteiger partial charge in [-0.3, -0.25) is 9.89 Å². The Bertz CT molecular complexity index is 734. The lowest BCUT2D eigenvalue weighted by Gasteiger charge is -2.41. The Morgan fingerprint density at radius 2 is 2.00 bits per heavy atom. The fraction of sp³-hybridized carbons (Fsp3) is 0.682. The second-order valence-electron chi connectivity index (χ2n) is 8.09. The molecule has 0 spiro atoms. The Morgan fingerprint density at radius 1 is 1.19 bits per heavy atom. The molecule has 2 aliphatic rings. The monoisotopic (exact) mass is 434 g/mol. The average Bonchev–Trinajstić information content (AvgIpc) is 2.86. The smallest absolute Gasteiger partial charge is 0.137 e. The molecular weight excluding hydrogens is 400 g/mol. The molecule has 0 N–H and O–H groups in total. The summed E-state index contributed by atoms with van der Waals surface area (Å²) in [7, 11) is 2.27. The highest BCUT2D eigenvalue weighted by Gasteiger charge is 2.33. The molecule has 3 atom stereocenters. The highest BCUT2D eigenvalue weighted by molar-refractivity contribution is 9.10. The van der Waals surface area contributed by atoms with Gasteiger partial charge in [-0.1, -0.05) is 42.6 Å². The van der Waals surface area contributed by atoms with Gasteiger partial charge in [-0.05, 0) is 44.5 Å². The van der Waals surface area contributed by atoms with Crippen LogP contribution in [-0.2, 0) is 0 Å². The van der Waals surface area contributed by atoms with E-state index in [1.165, 1.54) is 37.6 Å². The van der Waals surface area contributed by atoms with E-state index < -0.39 is 0 Å². The zero-order chi connectivity index (χ0) is 19.4. The summed E-state index contributed by atoms with van der Waals surface area (Å²) in [6, 6.07) is 6.92. The van der Waals surface area contributed by atoms with Crippen LogP contribution in [0.25, 0.3) is 6.20 Å². The van der Waals surface area contributed by atoms with Crippen molar-refractivity contribution in [3.05, 3.63) is 33.2 Å². The Balaban J connectivity index is 1.94. The molecule has 0 amide bonds. The van der Waals surface area contributed by atoms with Crippen molar-refractivity contribution in [2.75, 3.05) is 39.8 Å². The molecule has 0 saturated carbocycles. The van der Waals surface area contributed by atoms with Gasteiger partial charge in [0.05, 0.1) is 11.4 Å². The first-order chi connectivity index (χ1) is 13.0. The minimum absolute atomic E-state index is 0.213. The first-order valence-corrected chi connectivity index (χ1v) is 11.4. The fourth-order valence-corrected chi connectivity index (χ4v) is 4.87. The predicted molar refractivity (Wildman–Crippen MR) is 117 cm³/mol. The van der Waals surface area contributed by atoms with Crippen LogP contribution in [0.2, 0.25) is 0 Å². The number of likely N-dealkylation sites (N-methyl/N-ethyl adjacent to an activating group) is 2. The number of rotatable bonds is 6. The van der Waals surface area contributed by atoms with Crippen LogP contribution in [0.5, 0.6) is 0 Å². The van der Waals surface area contributed by atoms with Gasteiger partial charge >= 0.3 is 0 Å². The molecule has 1 aromatic rings. The molecule has 27 heavy (non-hydrogen) atoms. The third kappa shape index (κ3) is 4.93. The maximum atomic E-state index is 5.25. The topological polar surface area (TPSA) is 22.1 Å². The zero-order valence-electron chi connectivity index (χ0n) is 17.4. The first-order valence-electron chi connectivity index (χ1n) is 10.6. The van der Waals surface area contributed by atoms with E-state index in [0.717, 1.165) is 35.4 Å². The molecule has 2 aliphatic heterocycles. The summed E-state index contributed by atoms with van der Waals surface area (Å²) >= 11 is 3.60. The van der Waals surface area contributed by atoms with Gasteiger partial charge in [0.2, 0.25) is 0 Å². The minimum Gasteiger partial charge on any atom is -0.354 e. The summed E-state index contributed by atoms with van der Waals surface area (Å²) in [4.78, 5) is 13.0. The van der Waals surface area contributed by atoms with Gasteiger partial charge in [-0.2, -0.15) is 0 Å². The molecule has 1 saturated heterocycles. The SMILES string of the molecule is CCC[C@H](C1N=c2ccc(Br)cc2=CN1CC)N1CCN(C)C[C@@H](CC)C1. The van der Waals surface area contributed by atoms with Crippen molar-refractivity contribution in [3.63, 3.8) is 0 Å². The molecule has 1 unspecified atom stereocenters. The first kappa shape index (κ1) is 20.8. The van der Waals surface area contributed by atoms with E-state index in [9.17, 15) is 0 Å². The summed E-state index contributed by atoms with van der Waals surface area (Å²) in [5, 5.41) is 2.35. The van der Waals surface area contributed by atoms with Crippen LogP contribution < -0.4 is 10.6 Å². The molecule has 4 nitrogen and oxygen atoms in total. The molecule has 2 heterocycles. The van der Waals surface area contributed by atoms with Crippen LogP contribution in [-0.4, -0.2) is 66.7 Å². The molecule has 0 aliphatic carbocycles. The van der Waals surface area contributed by atoms with Gasteiger partial charge in [0.25, 0.3) is 0 Å². The van der Waals surface area contributed by atoms with Gasteiger partial charge in [0.15, 0.2) is 0 Å². The number of hydrogen-bond donors (Lipinski definition) is 0. The normalized spacial score (nSPS) is 25.3. The third-order valence-corrected chi connectivity index (χ3v) is 6.57. The van der Waals surface area contributed by atoms with Crippen molar-refractivity contribution in [1.29, 1.82) is 0 Å². The van der Waals surface area contributed by atoms with Crippen LogP contribution in [0.3, 0.4) is 0 Å². The predicted octanol–water partition coefficient (Wildman–Crippen LogP) is 2.91. The fourth-order valence-electron chi connectivity index (χ4n) is 4.49. The quantitative estimate of drug-likeness (QED) is 0.686. The van der Waals surface area contributed by atoms with E-state index in [-0.39, 0.29) is 6.17 Å². The Kier molecular flexibility index (Phi) is 7.35. The molecule has 1 aromatic carbocycles. The molecule has 3 rings (SSSR count). The molecular formula is C22H35BrN4. The summed E-state index contributed by atoms with van der Waals surface area (Å²) in [5.74, 6) is 0.753. The summed E-state index contributed by atoms with van der Waals surface area (Å²) in [5.41, 5.74) is 0. The zero-order valence-corrected chi connectivity index (χ0v) is 19.0. The van der Waals surface area contributed by atoms with E-state index in [4.69, 9.17) is 4.99 Å². The molecule has 0 bridgehead atoms. The van der Waals surface area contributed by atoms with Crippen molar-refractivity contribution < 1.29 is 0 Å². The van der Waals surface area contributed by atoms with Gasteiger partial charge in [-0.25, -0.2) is 0 Å². The van der Waals surface area contributed by atoms with Crippen molar-refractivity contribution >= 4 is 22.1 Å². The maximum Gasteiger partial charge on any atom is 0.137 e. The maximum absolute atomic E-state index is 5.25. The lowest BCUT2D eigenvalue weighted by molar-refractivity contribution is 0.100. The van der Waals surface area contributed by atoms with Crippen molar-refractivity contribution in [2.45, 2.75) is 52.2 Å². The lowest BCUT2D eigenvalue weighted by atomic mass is 10.0. The van der Waals surface area contributed by atoms with Crippen LogP contribution in [0, 0.1) is 5.92 Å². The summed E-state index contributed by atoms with van der Waals surface area (Å²) < 4.78 is 1.12. The van der Waals surface area contributed by atoms with E-state index in [1.807, 2.05) is 0 Å². The summed E-state index contributed by atoms with van der Waals surface area (Å²) in [6.07, 6.45) is 6.18. The second-order valence-corrected chi connectivity index (χ2v) is 9.01. The third-order valence-electron chi connectivity index (χ3n) is 6.08. The van der Waals surface area contributed by atoms with Crippen LogP contribution in [0.1, 0.15) is 40.0 Å². The molecule has 5 heteroatoms. The summed E-state index contributed by atoms with van der Waals surface area (Å²) in [6.45, 7) is 12.6. The standard InChI is InChI=1S/C22H35BrN4/c1-5-8-21(27-12-11-25(4)14-17(6-2)15-27)22-24-20-10-9-19(23)13-18(20)16-26(22)7-3/h9-10,13,16-17,21-22H,5-8,11-12,14-15H2,1-4H3/t17-,21-,22?/m1/s1. The van der Waals surface area contributed by atoms with Crippen LogP contribution in [0.15, 0.2) is 27.7 Å². The average molecular weight is 435 g/mol. The van der Waals surface area contributed by atoms with Gasteiger partial charge < -0.3 is 9.80 Å². The number of fused-ring (bicyclic) bond motifs is 1. The van der Waals surface area contributed by atoms with Crippen molar-refractivity contribution in [1.82, 2.24) is 14.7 Å². The van der Waals surface area contributed by atoms with Crippen LogP contribution >= 0.6 is 15.9 Å². The molecule has 0 aromatic heterocycles. The Labute approximate surface area is 173 Å². The van der Waals surface area contributed by atoms with E-state index >= 15 is 0 Å². The minimum atomic E-state index is 0.213. The molecule has 150 valence electrons. The number of hydrogen-bond acceptors (Lipinski definition) is 4. The highest BCUT2D eigenvalue weighted by Crippen LogP contribution is 2.23. The Morgan fingerprint density at radius 3 is 2.70 bits per heavy atom. The molecule has 1 fully saturated rings. The number of benzene rings is 1. The highest BCUT2D eigenvalue weighted by atomic mass is 79.9. The lowest BCUT2D eigenvalue weighted by Crippen LogP contribution is -2.54.